The lowest BCUT2D eigenvalue weighted by atomic mass is 10.0. The normalized spacial score (nSPS) is 21.1. The van der Waals surface area contributed by atoms with Crippen LogP contribution in [0.3, 0.4) is 0 Å². The molecule has 0 aromatic carbocycles. The second-order valence-corrected chi connectivity index (χ2v) is 4.81. The van der Waals surface area contributed by atoms with E-state index in [-0.39, 0.29) is 12.1 Å². The van der Waals surface area contributed by atoms with Gasteiger partial charge >= 0.3 is 18.3 Å². The van der Waals surface area contributed by atoms with Crippen LogP contribution in [-0.4, -0.2) is 66.9 Å². The molecule has 2 heterocycles. The molecule has 0 unspecified atom stereocenters. The van der Waals surface area contributed by atoms with E-state index in [0.717, 1.165) is 0 Å². The average molecular weight is 295 g/mol. The van der Waals surface area contributed by atoms with Crippen molar-refractivity contribution in [3.63, 3.8) is 0 Å². The van der Waals surface area contributed by atoms with Crippen LogP contribution in [0, 0.1) is 0 Å². The summed E-state index contributed by atoms with van der Waals surface area (Å²) in [7, 11) is 0. The first-order valence-electron chi connectivity index (χ1n) is 6.40. The van der Waals surface area contributed by atoms with Gasteiger partial charge < -0.3 is 19.9 Å². The molecular weight excluding hydrogens is 279 g/mol. The quantitative estimate of drug-likeness (QED) is 0.832. The van der Waals surface area contributed by atoms with E-state index in [1.165, 1.54) is 4.90 Å². The molecule has 6 nitrogen and oxygen atoms in total. The monoisotopic (exact) mass is 295 g/mol. The Morgan fingerprint density at radius 2 is 1.95 bits per heavy atom. The van der Waals surface area contributed by atoms with Crippen LogP contribution in [0.2, 0.25) is 0 Å². The van der Waals surface area contributed by atoms with Crippen LogP contribution in [-0.2, 0) is 4.74 Å². The molecule has 0 aliphatic carbocycles. The number of hydrogen-bond acceptors (Lipinski definition) is 3. The summed E-state index contributed by atoms with van der Waals surface area (Å²) in [5, 5.41) is 2.69. The van der Waals surface area contributed by atoms with Gasteiger partial charge in [0.2, 0.25) is 0 Å². The number of ether oxygens (including phenoxy) is 1. The number of amides is 3. The minimum atomic E-state index is -4.51. The molecule has 0 bridgehead atoms. The summed E-state index contributed by atoms with van der Waals surface area (Å²) in [6.45, 7) is 0.255. The molecule has 0 aromatic heterocycles. The summed E-state index contributed by atoms with van der Waals surface area (Å²) >= 11 is 0. The molecule has 114 valence electrons. The fourth-order valence-electron chi connectivity index (χ4n) is 2.43. The van der Waals surface area contributed by atoms with Crippen LogP contribution in [0.4, 0.5) is 22.8 Å². The number of likely N-dealkylation sites (tertiary alicyclic amines) is 1. The van der Waals surface area contributed by atoms with Crippen molar-refractivity contribution in [2.24, 2.45) is 0 Å². The number of nitrogens with one attached hydrogen (secondary N) is 1. The van der Waals surface area contributed by atoms with E-state index >= 15 is 0 Å². The van der Waals surface area contributed by atoms with Gasteiger partial charge in [-0.1, -0.05) is 0 Å². The minimum absolute atomic E-state index is 0.0316. The van der Waals surface area contributed by atoms with Crippen molar-refractivity contribution in [2.75, 3.05) is 32.8 Å². The highest BCUT2D eigenvalue weighted by atomic mass is 19.4. The van der Waals surface area contributed by atoms with Gasteiger partial charge in [0.05, 0.1) is 0 Å². The van der Waals surface area contributed by atoms with E-state index in [2.05, 4.69) is 10.1 Å². The lowest BCUT2D eigenvalue weighted by molar-refractivity contribution is -0.162. The Kier molecular flexibility index (Phi) is 4.24. The van der Waals surface area contributed by atoms with Crippen molar-refractivity contribution in [1.82, 2.24) is 15.1 Å². The van der Waals surface area contributed by atoms with Gasteiger partial charge in [-0.05, 0) is 12.8 Å². The first-order valence-corrected chi connectivity index (χ1v) is 6.40. The Morgan fingerprint density at radius 3 is 2.45 bits per heavy atom. The number of carbonyl (C=O) groups excluding carboxylic acids is 2. The first-order chi connectivity index (χ1) is 9.37. The maximum atomic E-state index is 11.9. The number of piperidine rings is 1. The minimum Gasteiger partial charge on any atom is -0.440 e. The lowest BCUT2D eigenvalue weighted by Gasteiger charge is -2.35. The van der Waals surface area contributed by atoms with Crippen LogP contribution in [0.5, 0.6) is 0 Å². The zero-order chi connectivity index (χ0) is 14.8. The molecular formula is C11H16F3N3O3. The molecule has 0 saturated carbocycles. The van der Waals surface area contributed by atoms with Crippen LogP contribution in [0.1, 0.15) is 12.8 Å². The van der Waals surface area contributed by atoms with Crippen molar-refractivity contribution in [1.29, 1.82) is 0 Å². The summed E-state index contributed by atoms with van der Waals surface area (Å²) in [6, 6.07) is -0.0905. The van der Waals surface area contributed by atoms with Crippen molar-refractivity contribution >= 4 is 12.1 Å². The highest BCUT2D eigenvalue weighted by molar-refractivity contribution is 5.76. The number of hydrogen-bond donors (Lipinski definition) is 1. The van der Waals surface area contributed by atoms with E-state index in [4.69, 9.17) is 0 Å². The molecule has 9 heteroatoms. The van der Waals surface area contributed by atoms with Gasteiger partial charge in [0.1, 0.15) is 0 Å². The molecule has 2 fully saturated rings. The molecule has 2 aliphatic heterocycles. The van der Waals surface area contributed by atoms with Crippen molar-refractivity contribution in [2.45, 2.75) is 25.1 Å². The molecule has 0 aromatic rings. The topological polar surface area (TPSA) is 61.9 Å². The summed E-state index contributed by atoms with van der Waals surface area (Å²) in [5.41, 5.74) is 0. The van der Waals surface area contributed by atoms with E-state index < -0.39 is 18.9 Å². The second-order valence-electron chi connectivity index (χ2n) is 4.81. The summed E-state index contributed by atoms with van der Waals surface area (Å²) in [6.07, 6.45) is -4.36. The average Bonchev–Trinajstić information content (AvgIpc) is 2.81. The van der Waals surface area contributed by atoms with Crippen LogP contribution in [0.25, 0.3) is 0 Å². The Hall–Kier alpha value is -1.67. The molecule has 0 atom stereocenters. The Bertz CT molecular complexity index is 381. The van der Waals surface area contributed by atoms with Gasteiger partial charge in [-0.25, -0.2) is 9.59 Å². The number of nitrogens with zero attached hydrogens (tertiary/aromatic N) is 2. The van der Waals surface area contributed by atoms with Crippen LogP contribution >= 0.6 is 0 Å². The van der Waals surface area contributed by atoms with Gasteiger partial charge in [-0.3, -0.25) is 0 Å². The molecule has 1 N–H and O–H groups in total. The fourth-order valence-corrected chi connectivity index (χ4v) is 2.43. The van der Waals surface area contributed by atoms with Crippen molar-refractivity contribution in [3.8, 4) is 0 Å². The summed E-state index contributed by atoms with van der Waals surface area (Å²) in [5.74, 6) is 0. The summed E-state index contributed by atoms with van der Waals surface area (Å²) in [4.78, 5) is 25.9. The Labute approximate surface area is 113 Å². The van der Waals surface area contributed by atoms with Gasteiger partial charge in [0.25, 0.3) is 0 Å². The maximum absolute atomic E-state index is 11.9. The van der Waals surface area contributed by atoms with E-state index in [1.807, 2.05) is 0 Å². The zero-order valence-electron chi connectivity index (χ0n) is 10.8. The fraction of sp³-hybridized carbons (Fsp3) is 0.818. The third kappa shape index (κ3) is 3.67. The highest BCUT2D eigenvalue weighted by Crippen LogP contribution is 2.20. The highest BCUT2D eigenvalue weighted by Gasteiger charge is 2.34. The van der Waals surface area contributed by atoms with E-state index in [0.29, 0.717) is 39.0 Å². The van der Waals surface area contributed by atoms with E-state index in [1.54, 1.807) is 4.90 Å². The molecule has 0 spiro atoms. The van der Waals surface area contributed by atoms with Crippen LogP contribution in [0.15, 0.2) is 0 Å². The Balaban J connectivity index is 1.76. The molecule has 0 radical (unpaired) electrons. The zero-order valence-corrected chi connectivity index (χ0v) is 10.8. The second kappa shape index (κ2) is 5.76. The molecule has 3 amide bonds. The third-order valence-electron chi connectivity index (χ3n) is 3.41. The Morgan fingerprint density at radius 1 is 1.30 bits per heavy atom. The van der Waals surface area contributed by atoms with Crippen molar-refractivity contribution < 1.29 is 27.5 Å². The van der Waals surface area contributed by atoms with Gasteiger partial charge in [-0.15, -0.1) is 0 Å². The third-order valence-corrected chi connectivity index (χ3v) is 3.41. The lowest BCUT2D eigenvalue weighted by Crippen LogP contribution is -2.48. The molecule has 2 saturated heterocycles. The number of halogens is 3. The van der Waals surface area contributed by atoms with Gasteiger partial charge in [0.15, 0.2) is 6.61 Å². The summed E-state index contributed by atoms with van der Waals surface area (Å²) < 4.78 is 40.0. The smallest absolute Gasteiger partial charge is 0.422 e. The maximum Gasteiger partial charge on any atom is 0.422 e. The molecule has 2 aliphatic rings. The van der Waals surface area contributed by atoms with E-state index in [9.17, 15) is 22.8 Å². The van der Waals surface area contributed by atoms with Crippen molar-refractivity contribution in [3.05, 3.63) is 0 Å². The predicted octanol–water partition coefficient (Wildman–Crippen LogP) is 1.17. The van der Waals surface area contributed by atoms with Crippen LogP contribution < -0.4 is 5.32 Å². The molecule has 20 heavy (non-hydrogen) atoms. The predicted molar refractivity (Wildman–Crippen MR) is 62.1 cm³/mol. The SMILES string of the molecule is O=C(OCC(F)(F)F)N1CCC(N2CCNC2=O)CC1. The molecule has 2 rings (SSSR count). The van der Waals surface area contributed by atoms with Gasteiger partial charge in [-0.2, -0.15) is 13.2 Å². The van der Waals surface area contributed by atoms with Gasteiger partial charge in [0, 0.05) is 32.2 Å². The number of rotatable bonds is 2. The number of alkyl halides is 3. The standard InChI is InChI=1S/C11H16F3N3O3/c12-11(13,14)7-20-10(19)16-4-1-8(2-5-16)17-6-3-15-9(17)18/h8H,1-7H2,(H,15,18). The number of urea groups is 1. The largest absolute Gasteiger partial charge is 0.440 e. The first kappa shape index (κ1) is 14.7. The number of carbonyl (C=O) groups is 2.